The average molecular weight is 277 g/mol. The molecule has 0 saturated carbocycles. The van der Waals surface area contributed by atoms with Gasteiger partial charge in [-0.1, -0.05) is 18.2 Å². The monoisotopic (exact) mass is 277 g/mol. The van der Waals surface area contributed by atoms with E-state index in [9.17, 15) is 9.18 Å². The number of aromatic nitrogens is 3. The first-order valence-electron chi connectivity index (χ1n) is 6.10. The molecule has 1 aromatic carbocycles. The van der Waals surface area contributed by atoms with Crippen LogP contribution in [-0.2, 0) is 16.0 Å². The Labute approximate surface area is 114 Å². The summed E-state index contributed by atoms with van der Waals surface area (Å²) in [5.41, 5.74) is 0.372. The van der Waals surface area contributed by atoms with E-state index in [1.54, 1.807) is 22.9 Å². The lowest BCUT2D eigenvalue weighted by atomic mass is 10.1. The van der Waals surface area contributed by atoms with Crippen molar-refractivity contribution in [3.8, 4) is 0 Å². The lowest BCUT2D eigenvalue weighted by molar-refractivity contribution is 0.0369. The molecule has 104 valence electrons. The van der Waals surface area contributed by atoms with Crippen LogP contribution in [0, 0.1) is 5.82 Å². The number of ether oxygens (including phenoxy) is 2. The molecular formula is C13H12FN3O3. The Hall–Kier alpha value is -2.28. The zero-order valence-corrected chi connectivity index (χ0v) is 10.7. The van der Waals surface area contributed by atoms with Crippen molar-refractivity contribution in [2.75, 3.05) is 13.7 Å². The number of hydrogen-bond acceptors (Lipinski definition) is 5. The molecular weight excluding hydrogens is 265 g/mol. The van der Waals surface area contributed by atoms with E-state index in [0.717, 1.165) is 0 Å². The molecule has 7 heteroatoms. The van der Waals surface area contributed by atoms with Gasteiger partial charge in [0.15, 0.2) is 5.82 Å². The van der Waals surface area contributed by atoms with Gasteiger partial charge >= 0.3 is 5.97 Å². The van der Waals surface area contributed by atoms with Gasteiger partial charge in [-0.25, -0.2) is 18.9 Å². The van der Waals surface area contributed by atoms with E-state index in [4.69, 9.17) is 4.74 Å². The van der Waals surface area contributed by atoms with E-state index in [-0.39, 0.29) is 11.6 Å². The minimum atomic E-state index is -0.671. The van der Waals surface area contributed by atoms with Gasteiger partial charge in [-0.05, 0) is 6.07 Å². The lowest BCUT2D eigenvalue weighted by Gasteiger charge is -2.23. The van der Waals surface area contributed by atoms with Gasteiger partial charge in [0.25, 0.3) is 5.82 Å². The highest BCUT2D eigenvalue weighted by atomic mass is 19.1. The molecule has 2 heterocycles. The second kappa shape index (κ2) is 5.01. The van der Waals surface area contributed by atoms with Crippen molar-refractivity contribution < 1.29 is 18.7 Å². The molecule has 0 spiro atoms. The summed E-state index contributed by atoms with van der Waals surface area (Å²) in [4.78, 5) is 15.6. The number of fused-ring (bicyclic) bond motifs is 1. The first-order valence-corrected chi connectivity index (χ1v) is 6.10. The highest BCUT2D eigenvalue weighted by Crippen LogP contribution is 2.29. The number of nitrogens with zero attached hydrogens (tertiary/aromatic N) is 3. The standard InChI is InChI=1S/C13H12FN3O3/c1-19-13(18)11-15-12-10(20-7-6-17(12)16-11)8-4-2-3-5-9(8)14/h2-5,10H,6-7H2,1H3. The summed E-state index contributed by atoms with van der Waals surface area (Å²) in [7, 11) is 1.26. The maximum Gasteiger partial charge on any atom is 0.377 e. The number of methoxy groups -OCH3 is 1. The highest BCUT2D eigenvalue weighted by Gasteiger charge is 2.30. The quantitative estimate of drug-likeness (QED) is 0.775. The number of rotatable bonds is 2. The predicted molar refractivity (Wildman–Crippen MR) is 65.6 cm³/mol. The van der Waals surface area contributed by atoms with Crippen LogP contribution >= 0.6 is 0 Å². The maximum atomic E-state index is 13.9. The van der Waals surface area contributed by atoms with Crippen molar-refractivity contribution in [2.45, 2.75) is 12.6 Å². The number of carbonyl (C=O) groups excluding carboxylic acids is 1. The van der Waals surface area contributed by atoms with Gasteiger partial charge < -0.3 is 9.47 Å². The fourth-order valence-electron chi connectivity index (χ4n) is 2.14. The van der Waals surface area contributed by atoms with E-state index < -0.39 is 12.1 Å². The summed E-state index contributed by atoms with van der Waals surface area (Å²) >= 11 is 0. The van der Waals surface area contributed by atoms with Crippen LogP contribution in [0.25, 0.3) is 0 Å². The van der Waals surface area contributed by atoms with Crippen molar-refractivity contribution in [1.82, 2.24) is 14.8 Å². The van der Waals surface area contributed by atoms with E-state index in [2.05, 4.69) is 14.8 Å². The van der Waals surface area contributed by atoms with Crippen molar-refractivity contribution >= 4 is 5.97 Å². The molecule has 0 N–H and O–H groups in total. The molecule has 1 aromatic heterocycles. The van der Waals surface area contributed by atoms with Crippen LogP contribution in [0.4, 0.5) is 4.39 Å². The Kier molecular flexibility index (Phi) is 3.19. The topological polar surface area (TPSA) is 66.2 Å². The number of hydrogen-bond donors (Lipinski definition) is 0. The Morgan fingerprint density at radius 2 is 2.30 bits per heavy atom. The normalized spacial score (nSPS) is 17.6. The average Bonchev–Trinajstić information content (AvgIpc) is 2.91. The van der Waals surface area contributed by atoms with E-state index >= 15 is 0 Å². The molecule has 6 nitrogen and oxygen atoms in total. The van der Waals surface area contributed by atoms with Crippen LogP contribution in [0.5, 0.6) is 0 Å². The van der Waals surface area contributed by atoms with Crippen LogP contribution < -0.4 is 0 Å². The minimum absolute atomic E-state index is 0.0469. The third kappa shape index (κ3) is 2.05. The maximum absolute atomic E-state index is 13.9. The molecule has 3 rings (SSSR count). The summed E-state index contributed by atoms with van der Waals surface area (Å²) in [6.45, 7) is 0.834. The van der Waals surface area contributed by atoms with E-state index in [1.807, 2.05) is 0 Å². The Balaban J connectivity index is 2.04. The van der Waals surface area contributed by atoms with Gasteiger partial charge in [0.1, 0.15) is 11.9 Å². The summed E-state index contributed by atoms with van der Waals surface area (Å²) in [6, 6.07) is 6.31. The van der Waals surface area contributed by atoms with Crippen LogP contribution in [0.2, 0.25) is 0 Å². The number of halogens is 1. The van der Waals surface area contributed by atoms with Crippen molar-refractivity contribution in [3.63, 3.8) is 0 Å². The molecule has 1 aliphatic rings. The van der Waals surface area contributed by atoms with Crippen LogP contribution in [0.1, 0.15) is 28.1 Å². The molecule has 0 fully saturated rings. The summed E-state index contributed by atoms with van der Waals surface area (Å²) in [5, 5.41) is 4.06. The fourth-order valence-corrected chi connectivity index (χ4v) is 2.14. The van der Waals surface area contributed by atoms with Crippen molar-refractivity contribution in [1.29, 1.82) is 0 Å². The molecule has 1 unspecified atom stereocenters. The fraction of sp³-hybridized carbons (Fsp3) is 0.308. The van der Waals surface area contributed by atoms with Crippen LogP contribution in [-0.4, -0.2) is 34.5 Å². The zero-order chi connectivity index (χ0) is 14.1. The molecule has 2 aromatic rings. The third-order valence-corrected chi connectivity index (χ3v) is 3.08. The summed E-state index contributed by atoms with van der Waals surface area (Å²) < 4.78 is 25.6. The molecule has 0 aliphatic carbocycles. The van der Waals surface area contributed by atoms with Gasteiger partial charge in [0.05, 0.1) is 20.3 Å². The van der Waals surface area contributed by atoms with Crippen LogP contribution in [0.3, 0.4) is 0 Å². The molecule has 1 atom stereocenters. The summed E-state index contributed by atoms with van der Waals surface area (Å²) in [6.07, 6.45) is -0.671. The first kappa shape index (κ1) is 12.7. The summed E-state index contributed by atoms with van der Waals surface area (Å²) in [5.74, 6) is -0.649. The van der Waals surface area contributed by atoms with Crippen molar-refractivity contribution in [3.05, 3.63) is 47.3 Å². The SMILES string of the molecule is COC(=O)c1nc2n(n1)CCOC2c1ccccc1F. The molecule has 1 aliphatic heterocycles. The van der Waals surface area contributed by atoms with Gasteiger partial charge in [-0.15, -0.1) is 5.10 Å². The second-order valence-electron chi connectivity index (χ2n) is 4.28. The Morgan fingerprint density at radius 1 is 1.50 bits per heavy atom. The third-order valence-electron chi connectivity index (χ3n) is 3.08. The van der Waals surface area contributed by atoms with E-state index in [1.165, 1.54) is 13.2 Å². The molecule has 0 saturated heterocycles. The first-order chi connectivity index (χ1) is 9.70. The molecule has 20 heavy (non-hydrogen) atoms. The number of benzene rings is 1. The molecule has 0 radical (unpaired) electrons. The van der Waals surface area contributed by atoms with E-state index in [0.29, 0.717) is 24.5 Å². The van der Waals surface area contributed by atoms with Crippen LogP contribution in [0.15, 0.2) is 24.3 Å². The largest absolute Gasteiger partial charge is 0.463 e. The zero-order valence-electron chi connectivity index (χ0n) is 10.7. The Bertz CT molecular complexity index is 656. The molecule has 0 amide bonds. The lowest BCUT2D eigenvalue weighted by Crippen LogP contribution is -2.24. The van der Waals surface area contributed by atoms with Gasteiger partial charge in [-0.2, -0.15) is 0 Å². The number of esters is 1. The predicted octanol–water partition coefficient (Wildman–Crippen LogP) is 1.32. The Morgan fingerprint density at radius 3 is 3.05 bits per heavy atom. The minimum Gasteiger partial charge on any atom is -0.463 e. The van der Waals surface area contributed by atoms with Gasteiger partial charge in [0.2, 0.25) is 0 Å². The highest BCUT2D eigenvalue weighted by molar-refractivity contribution is 5.84. The van der Waals surface area contributed by atoms with Gasteiger partial charge in [-0.3, -0.25) is 0 Å². The van der Waals surface area contributed by atoms with Crippen molar-refractivity contribution in [2.24, 2.45) is 0 Å². The van der Waals surface area contributed by atoms with Gasteiger partial charge in [0, 0.05) is 5.56 Å². The number of carbonyl (C=O) groups is 1. The molecule has 0 bridgehead atoms. The smallest absolute Gasteiger partial charge is 0.377 e. The second-order valence-corrected chi connectivity index (χ2v) is 4.28.